The summed E-state index contributed by atoms with van der Waals surface area (Å²) in [6.45, 7) is 0. The Labute approximate surface area is 115 Å². The number of anilines is 2. The van der Waals surface area contributed by atoms with Gasteiger partial charge in [0.2, 0.25) is 5.91 Å². The van der Waals surface area contributed by atoms with E-state index in [0.717, 1.165) is 4.90 Å². The molecule has 2 rings (SSSR count). The summed E-state index contributed by atoms with van der Waals surface area (Å²) in [5.74, 6) is -0.486. The fourth-order valence-electron chi connectivity index (χ4n) is 1.50. The summed E-state index contributed by atoms with van der Waals surface area (Å²) in [6, 6.07) is 13.4. The van der Waals surface area contributed by atoms with Crippen molar-refractivity contribution in [2.45, 2.75) is 4.90 Å². The van der Waals surface area contributed by atoms with Crippen LogP contribution < -0.4 is 11.1 Å². The molecule has 0 atom stereocenters. The van der Waals surface area contributed by atoms with E-state index in [1.807, 2.05) is 12.1 Å². The average Bonchev–Trinajstić information content (AvgIpc) is 2.39. The third-order valence-electron chi connectivity index (χ3n) is 2.38. The fourth-order valence-corrected chi connectivity index (χ4v) is 2.27. The molecule has 0 radical (unpaired) electrons. The lowest BCUT2D eigenvalue weighted by atomic mass is 10.3. The molecule has 0 aromatic heterocycles. The van der Waals surface area contributed by atoms with Crippen LogP contribution in [0.25, 0.3) is 0 Å². The highest BCUT2D eigenvalue weighted by Gasteiger charge is 2.06. The minimum atomic E-state index is -0.440. The number of benzene rings is 2. The van der Waals surface area contributed by atoms with E-state index in [1.165, 1.54) is 23.9 Å². The Morgan fingerprint density at radius 1 is 1.21 bits per heavy atom. The summed E-state index contributed by atoms with van der Waals surface area (Å²) in [4.78, 5) is 12.6. The smallest absolute Gasteiger partial charge is 0.234 e. The zero-order valence-electron chi connectivity index (χ0n) is 10.1. The Balaban J connectivity index is 1.90. The van der Waals surface area contributed by atoms with Crippen molar-refractivity contribution in [3.05, 3.63) is 54.3 Å². The van der Waals surface area contributed by atoms with Crippen molar-refractivity contribution in [3.63, 3.8) is 0 Å². The first-order valence-electron chi connectivity index (χ1n) is 5.68. The van der Waals surface area contributed by atoms with Crippen LogP contribution in [0.15, 0.2) is 53.4 Å². The monoisotopic (exact) mass is 276 g/mol. The molecule has 0 saturated carbocycles. The molecule has 0 saturated heterocycles. The number of carbonyl (C=O) groups is 1. The number of thioether (sulfide) groups is 1. The van der Waals surface area contributed by atoms with E-state index in [4.69, 9.17) is 5.73 Å². The van der Waals surface area contributed by atoms with Crippen LogP contribution in [0.4, 0.5) is 15.8 Å². The molecule has 0 aliphatic carbocycles. The highest BCUT2D eigenvalue weighted by atomic mass is 32.2. The zero-order chi connectivity index (χ0) is 13.7. The van der Waals surface area contributed by atoms with Crippen molar-refractivity contribution in [2.24, 2.45) is 0 Å². The molecule has 2 aromatic rings. The Morgan fingerprint density at radius 3 is 2.74 bits per heavy atom. The average molecular weight is 276 g/mol. The van der Waals surface area contributed by atoms with E-state index >= 15 is 0 Å². The van der Waals surface area contributed by atoms with Gasteiger partial charge < -0.3 is 11.1 Å². The molecule has 1 amide bonds. The van der Waals surface area contributed by atoms with Crippen LogP contribution in [0.3, 0.4) is 0 Å². The minimum Gasteiger partial charge on any atom is -0.399 e. The van der Waals surface area contributed by atoms with Gasteiger partial charge in [-0.3, -0.25) is 4.79 Å². The summed E-state index contributed by atoms with van der Waals surface area (Å²) in [5, 5.41) is 2.53. The lowest BCUT2D eigenvalue weighted by molar-refractivity contribution is -0.113. The lowest BCUT2D eigenvalue weighted by Gasteiger charge is -2.06. The van der Waals surface area contributed by atoms with Crippen molar-refractivity contribution in [3.8, 4) is 0 Å². The maximum atomic E-state index is 13.3. The predicted molar refractivity (Wildman–Crippen MR) is 76.6 cm³/mol. The minimum absolute atomic E-state index is 0.195. The van der Waals surface area contributed by atoms with Crippen LogP contribution in [-0.2, 0) is 4.79 Å². The Hall–Kier alpha value is -2.01. The van der Waals surface area contributed by atoms with E-state index < -0.39 is 5.82 Å². The van der Waals surface area contributed by atoms with E-state index in [2.05, 4.69) is 5.32 Å². The van der Waals surface area contributed by atoms with Gasteiger partial charge in [0.05, 0.1) is 11.4 Å². The standard InChI is InChI=1S/C14H13FN2OS/c15-12-6-1-2-7-13(12)17-14(18)9-19-11-5-3-4-10(16)8-11/h1-8H,9,16H2,(H,17,18). The van der Waals surface area contributed by atoms with Gasteiger partial charge in [0, 0.05) is 10.6 Å². The van der Waals surface area contributed by atoms with Crippen LogP contribution in [0.1, 0.15) is 0 Å². The highest BCUT2D eigenvalue weighted by molar-refractivity contribution is 8.00. The van der Waals surface area contributed by atoms with Crippen LogP contribution in [0.5, 0.6) is 0 Å². The molecule has 0 aliphatic heterocycles. The molecule has 0 fully saturated rings. The van der Waals surface area contributed by atoms with Crippen molar-refractivity contribution >= 4 is 29.0 Å². The summed E-state index contributed by atoms with van der Waals surface area (Å²) in [7, 11) is 0. The maximum Gasteiger partial charge on any atom is 0.234 e. The van der Waals surface area contributed by atoms with Gasteiger partial charge >= 0.3 is 0 Å². The van der Waals surface area contributed by atoms with Gasteiger partial charge in [0.15, 0.2) is 0 Å². The number of hydrogen-bond donors (Lipinski definition) is 2. The van der Waals surface area contributed by atoms with Crippen molar-refractivity contribution in [1.82, 2.24) is 0 Å². The number of para-hydroxylation sites is 1. The summed E-state index contributed by atoms with van der Waals surface area (Å²) < 4.78 is 13.3. The molecule has 3 nitrogen and oxygen atoms in total. The van der Waals surface area contributed by atoms with Crippen LogP contribution in [-0.4, -0.2) is 11.7 Å². The molecule has 3 N–H and O–H groups in total. The highest BCUT2D eigenvalue weighted by Crippen LogP contribution is 2.20. The summed E-state index contributed by atoms with van der Waals surface area (Å²) in [6.07, 6.45) is 0. The number of carbonyl (C=O) groups excluding carboxylic acids is 1. The molecular formula is C14H13FN2OS. The molecule has 2 aromatic carbocycles. The second-order valence-electron chi connectivity index (χ2n) is 3.89. The third kappa shape index (κ3) is 3.99. The topological polar surface area (TPSA) is 55.1 Å². The fraction of sp³-hybridized carbons (Fsp3) is 0.0714. The number of nitrogens with one attached hydrogen (secondary N) is 1. The molecular weight excluding hydrogens is 263 g/mol. The van der Waals surface area contributed by atoms with E-state index in [-0.39, 0.29) is 17.3 Å². The van der Waals surface area contributed by atoms with E-state index in [9.17, 15) is 9.18 Å². The summed E-state index contributed by atoms with van der Waals surface area (Å²) >= 11 is 1.35. The first-order chi connectivity index (χ1) is 9.15. The number of nitrogens with two attached hydrogens (primary N) is 1. The molecule has 98 valence electrons. The Bertz CT molecular complexity index is 589. The first-order valence-corrected chi connectivity index (χ1v) is 6.66. The third-order valence-corrected chi connectivity index (χ3v) is 3.37. The second-order valence-corrected chi connectivity index (χ2v) is 4.94. The van der Waals surface area contributed by atoms with Gasteiger partial charge in [-0.25, -0.2) is 4.39 Å². The molecule has 5 heteroatoms. The predicted octanol–water partition coefficient (Wildman–Crippen LogP) is 3.14. The van der Waals surface area contributed by atoms with Gasteiger partial charge in [0.25, 0.3) is 0 Å². The van der Waals surface area contributed by atoms with Gasteiger partial charge in [-0.05, 0) is 30.3 Å². The Morgan fingerprint density at radius 2 is 2.00 bits per heavy atom. The molecule has 0 spiro atoms. The van der Waals surface area contributed by atoms with Gasteiger partial charge in [-0.2, -0.15) is 0 Å². The zero-order valence-corrected chi connectivity index (χ0v) is 10.9. The second kappa shape index (κ2) is 6.24. The van der Waals surface area contributed by atoms with Gasteiger partial charge in [-0.15, -0.1) is 11.8 Å². The van der Waals surface area contributed by atoms with Gasteiger partial charge in [0.1, 0.15) is 5.82 Å². The molecule has 0 bridgehead atoms. The maximum absolute atomic E-state index is 13.3. The molecule has 0 aliphatic rings. The number of hydrogen-bond acceptors (Lipinski definition) is 3. The largest absolute Gasteiger partial charge is 0.399 e. The van der Waals surface area contributed by atoms with Crippen LogP contribution >= 0.6 is 11.8 Å². The quantitative estimate of drug-likeness (QED) is 0.666. The Kier molecular flexibility index (Phi) is 4.41. The molecule has 0 unspecified atom stereocenters. The molecule has 0 heterocycles. The van der Waals surface area contributed by atoms with Crippen LogP contribution in [0, 0.1) is 5.82 Å². The van der Waals surface area contributed by atoms with Crippen molar-refractivity contribution < 1.29 is 9.18 Å². The van der Waals surface area contributed by atoms with E-state index in [1.54, 1.807) is 24.3 Å². The van der Waals surface area contributed by atoms with Gasteiger partial charge in [-0.1, -0.05) is 18.2 Å². The molecule has 19 heavy (non-hydrogen) atoms. The first kappa shape index (κ1) is 13.4. The van der Waals surface area contributed by atoms with Crippen LogP contribution in [0.2, 0.25) is 0 Å². The normalized spacial score (nSPS) is 10.2. The van der Waals surface area contributed by atoms with Crippen molar-refractivity contribution in [2.75, 3.05) is 16.8 Å². The SMILES string of the molecule is Nc1cccc(SCC(=O)Nc2ccccc2F)c1. The number of halogens is 1. The number of rotatable bonds is 4. The lowest BCUT2D eigenvalue weighted by Crippen LogP contribution is -2.14. The number of nitrogen functional groups attached to an aromatic ring is 1. The summed E-state index contributed by atoms with van der Waals surface area (Å²) in [5.41, 5.74) is 6.49. The van der Waals surface area contributed by atoms with E-state index in [0.29, 0.717) is 5.69 Å². The van der Waals surface area contributed by atoms with Crippen molar-refractivity contribution in [1.29, 1.82) is 0 Å². The number of amides is 1.